The van der Waals surface area contributed by atoms with Crippen molar-refractivity contribution in [3.63, 3.8) is 0 Å². The van der Waals surface area contributed by atoms with Gasteiger partial charge < -0.3 is 15.2 Å². The van der Waals surface area contributed by atoms with Crippen LogP contribution in [0.15, 0.2) is 77.5 Å². The summed E-state index contributed by atoms with van der Waals surface area (Å²) in [5.74, 6) is 0. The van der Waals surface area contributed by atoms with Gasteiger partial charge in [-0.15, -0.1) is 0 Å². The Morgan fingerprint density at radius 1 is 0.864 bits per heavy atom. The predicted octanol–water partition coefficient (Wildman–Crippen LogP) is 4.88. The number of amides is 2. The number of nitrogens with zero attached hydrogens (tertiary/aromatic N) is 1. The Bertz CT molecular complexity index is 767. The first-order valence-corrected chi connectivity index (χ1v) is 7.57. The zero-order valence-corrected chi connectivity index (χ0v) is 13.2. The first kappa shape index (κ1) is 14.4. The van der Waals surface area contributed by atoms with Gasteiger partial charge >= 0.3 is 6.03 Å². The maximum Gasteiger partial charge on any atom is 0.323 e. The minimum atomic E-state index is -0.271. The van der Waals surface area contributed by atoms with Crippen LogP contribution in [0.3, 0.4) is 0 Å². The molecule has 0 spiro atoms. The molecule has 0 saturated carbocycles. The third-order valence-electron chi connectivity index (χ3n) is 3.11. The van der Waals surface area contributed by atoms with E-state index in [1.54, 1.807) is 0 Å². The molecule has 22 heavy (non-hydrogen) atoms. The van der Waals surface area contributed by atoms with Crippen molar-refractivity contribution in [1.29, 1.82) is 0 Å². The van der Waals surface area contributed by atoms with E-state index >= 15 is 0 Å². The summed E-state index contributed by atoms with van der Waals surface area (Å²) in [7, 11) is 0. The summed E-state index contributed by atoms with van der Waals surface area (Å²) < 4.78 is 2.92. The standard InChI is InChI=1S/C17H14BrN3O/c18-13-4-3-5-15(12-13)20-17(22)19-14-6-8-16(9-7-14)21-10-1-2-11-21/h1-12H,(H2,19,20,22). The number of aromatic nitrogens is 1. The summed E-state index contributed by atoms with van der Waals surface area (Å²) in [6, 6.07) is 18.8. The molecule has 1 aromatic heterocycles. The van der Waals surface area contributed by atoms with E-state index in [0.29, 0.717) is 0 Å². The van der Waals surface area contributed by atoms with Gasteiger partial charge in [0.2, 0.25) is 0 Å². The summed E-state index contributed by atoms with van der Waals surface area (Å²) in [5, 5.41) is 5.60. The van der Waals surface area contributed by atoms with E-state index in [-0.39, 0.29) is 6.03 Å². The minimum Gasteiger partial charge on any atom is -0.324 e. The Kier molecular flexibility index (Phi) is 4.25. The van der Waals surface area contributed by atoms with Crippen LogP contribution in [-0.4, -0.2) is 10.6 Å². The molecule has 0 bridgehead atoms. The lowest BCUT2D eigenvalue weighted by Crippen LogP contribution is -2.19. The molecule has 5 heteroatoms. The minimum absolute atomic E-state index is 0.271. The van der Waals surface area contributed by atoms with Crippen molar-refractivity contribution in [3.05, 3.63) is 77.5 Å². The second kappa shape index (κ2) is 6.49. The Morgan fingerprint density at radius 2 is 1.55 bits per heavy atom. The topological polar surface area (TPSA) is 46.1 Å². The Hall–Kier alpha value is -2.53. The highest BCUT2D eigenvalue weighted by Crippen LogP contribution is 2.17. The number of halogens is 1. The van der Waals surface area contributed by atoms with E-state index in [2.05, 4.69) is 26.6 Å². The van der Waals surface area contributed by atoms with Gasteiger partial charge in [-0.1, -0.05) is 22.0 Å². The lowest BCUT2D eigenvalue weighted by atomic mass is 10.3. The molecular formula is C17H14BrN3O. The van der Waals surface area contributed by atoms with Crippen LogP contribution >= 0.6 is 15.9 Å². The number of hydrogen-bond donors (Lipinski definition) is 2. The van der Waals surface area contributed by atoms with Crippen molar-refractivity contribution in [2.75, 3.05) is 10.6 Å². The van der Waals surface area contributed by atoms with Gasteiger partial charge in [-0.3, -0.25) is 0 Å². The molecule has 2 N–H and O–H groups in total. The highest BCUT2D eigenvalue weighted by molar-refractivity contribution is 9.10. The van der Waals surface area contributed by atoms with Gasteiger partial charge in [0.25, 0.3) is 0 Å². The average Bonchev–Trinajstić information content (AvgIpc) is 3.02. The van der Waals surface area contributed by atoms with Crippen LogP contribution < -0.4 is 10.6 Å². The fraction of sp³-hybridized carbons (Fsp3) is 0. The molecule has 0 aliphatic carbocycles. The average molecular weight is 356 g/mol. The van der Waals surface area contributed by atoms with Crippen LogP contribution in [0.1, 0.15) is 0 Å². The lowest BCUT2D eigenvalue weighted by molar-refractivity contribution is 0.262. The van der Waals surface area contributed by atoms with Gasteiger partial charge in [0.05, 0.1) is 0 Å². The number of nitrogens with one attached hydrogen (secondary N) is 2. The number of urea groups is 1. The van der Waals surface area contributed by atoms with Gasteiger partial charge in [-0.2, -0.15) is 0 Å². The molecule has 0 saturated heterocycles. The van der Waals surface area contributed by atoms with Crippen LogP contribution in [0.2, 0.25) is 0 Å². The Labute approximate surface area is 136 Å². The SMILES string of the molecule is O=C(Nc1ccc(-n2cccc2)cc1)Nc1cccc(Br)c1. The summed E-state index contributed by atoms with van der Waals surface area (Å²) in [6.07, 6.45) is 3.95. The molecule has 2 amide bonds. The third kappa shape index (κ3) is 3.56. The van der Waals surface area contributed by atoms with Crippen molar-refractivity contribution in [3.8, 4) is 5.69 Å². The summed E-state index contributed by atoms with van der Waals surface area (Å²) in [6.45, 7) is 0. The second-order valence-corrected chi connectivity index (χ2v) is 5.64. The van der Waals surface area contributed by atoms with E-state index in [1.165, 1.54) is 0 Å². The molecule has 0 fully saturated rings. The molecule has 110 valence electrons. The van der Waals surface area contributed by atoms with E-state index in [1.807, 2.05) is 77.6 Å². The van der Waals surface area contributed by atoms with E-state index in [0.717, 1.165) is 21.5 Å². The van der Waals surface area contributed by atoms with E-state index in [4.69, 9.17) is 0 Å². The fourth-order valence-electron chi connectivity index (χ4n) is 2.08. The van der Waals surface area contributed by atoms with Gasteiger partial charge in [0, 0.05) is 33.9 Å². The summed E-state index contributed by atoms with van der Waals surface area (Å²) in [4.78, 5) is 12.0. The molecule has 2 aromatic carbocycles. The largest absolute Gasteiger partial charge is 0.324 e. The number of benzene rings is 2. The van der Waals surface area contributed by atoms with Crippen molar-refractivity contribution in [2.45, 2.75) is 0 Å². The lowest BCUT2D eigenvalue weighted by Gasteiger charge is -2.09. The molecule has 0 atom stereocenters. The quantitative estimate of drug-likeness (QED) is 0.690. The zero-order valence-electron chi connectivity index (χ0n) is 11.7. The number of carbonyl (C=O) groups excluding carboxylic acids is 1. The van der Waals surface area contributed by atoms with Gasteiger partial charge in [0.1, 0.15) is 0 Å². The van der Waals surface area contributed by atoms with Crippen LogP contribution in [0.4, 0.5) is 16.2 Å². The maximum absolute atomic E-state index is 12.0. The zero-order chi connectivity index (χ0) is 15.4. The molecule has 0 unspecified atom stereocenters. The number of anilines is 2. The predicted molar refractivity (Wildman–Crippen MR) is 92.6 cm³/mol. The smallest absolute Gasteiger partial charge is 0.323 e. The second-order valence-electron chi connectivity index (χ2n) is 4.73. The van der Waals surface area contributed by atoms with E-state index < -0.39 is 0 Å². The molecular weight excluding hydrogens is 342 g/mol. The van der Waals surface area contributed by atoms with Crippen molar-refractivity contribution in [2.24, 2.45) is 0 Å². The van der Waals surface area contributed by atoms with Crippen LogP contribution in [0.25, 0.3) is 5.69 Å². The normalized spacial score (nSPS) is 10.2. The van der Waals surface area contributed by atoms with Crippen LogP contribution in [0, 0.1) is 0 Å². The summed E-state index contributed by atoms with van der Waals surface area (Å²) in [5.41, 5.74) is 2.52. The highest BCUT2D eigenvalue weighted by atomic mass is 79.9. The monoisotopic (exact) mass is 355 g/mol. The Balaban J connectivity index is 1.64. The molecule has 1 heterocycles. The van der Waals surface area contributed by atoms with Gasteiger partial charge in [-0.25, -0.2) is 4.79 Å². The Morgan fingerprint density at radius 3 is 2.23 bits per heavy atom. The van der Waals surface area contributed by atoms with Gasteiger partial charge in [-0.05, 0) is 54.6 Å². The molecule has 3 rings (SSSR count). The molecule has 3 aromatic rings. The first-order chi connectivity index (χ1) is 10.7. The molecule has 0 radical (unpaired) electrons. The summed E-state index contributed by atoms with van der Waals surface area (Å²) >= 11 is 3.37. The fourth-order valence-corrected chi connectivity index (χ4v) is 2.48. The molecule has 4 nitrogen and oxygen atoms in total. The highest BCUT2D eigenvalue weighted by Gasteiger charge is 2.03. The van der Waals surface area contributed by atoms with Crippen molar-refractivity contribution in [1.82, 2.24) is 4.57 Å². The number of hydrogen-bond acceptors (Lipinski definition) is 1. The third-order valence-corrected chi connectivity index (χ3v) is 3.60. The number of carbonyl (C=O) groups is 1. The maximum atomic E-state index is 12.0. The van der Waals surface area contributed by atoms with Crippen molar-refractivity contribution >= 4 is 33.3 Å². The molecule has 0 aliphatic rings. The van der Waals surface area contributed by atoms with Crippen LogP contribution in [-0.2, 0) is 0 Å². The first-order valence-electron chi connectivity index (χ1n) is 6.78. The van der Waals surface area contributed by atoms with Crippen LogP contribution in [0.5, 0.6) is 0 Å². The van der Waals surface area contributed by atoms with E-state index in [9.17, 15) is 4.79 Å². The number of rotatable bonds is 3. The van der Waals surface area contributed by atoms with Gasteiger partial charge in [0.15, 0.2) is 0 Å². The van der Waals surface area contributed by atoms with Crippen molar-refractivity contribution < 1.29 is 4.79 Å². The molecule has 0 aliphatic heterocycles.